The first-order valence-electron chi connectivity index (χ1n) is 6.63. The van der Waals surface area contributed by atoms with E-state index in [1.54, 1.807) is 12.1 Å². The Hall–Kier alpha value is -1.40. The smallest absolute Gasteiger partial charge is 0.242 e. The molecule has 0 heterocycles. The molecule has 1 rings (SSSR count). The van der Waals surface area contributed by atoms with Crippen LogP contribution in [-0.4, -0.2) is 37.0 Å². The van der Waals surface area contributed by atoms with Crippen molar-refractivity contribution in [3.05, 3.63) is 29.8 Å². The second-order valence-corrected chi connectivity index (χ2v) is 7.07. The molecule has 0 fully saturated rings. The maximum absolute atomic E-state index is 11.9. The van der Waals surface area contributed by atoms with Crippen molar-refractivity contribution in [1.82, 2.24) is 0 Å². The fraction of sp³-hybridized carbons (Fsp3) is 0.500. The van der Waals surface area contributed by atoms with Crippen LogP contribution in [0.2, 0.25) is 0 Å². The van der Waals surface area contributed by atoms with Gasteiger partial charge in [-0.05, 0) is 37.5 Å². The first-order chi connectivity index (χ1) is 9.40. The molecule has 0 aromatic heterocycles. The van der Waals surface area contributed by atoms with E-state index in [-0.39, 0.29) is 18.8 Å². The van der Waals surface area contributed by atoms with Gasteiger partial charge in [0.25, 0.3) is 0 Å². The largest absolute Gasteiger partial charge is 0.396 e. The Bertz CT molecular complexity index is 537. The number of hydrogen-bond donors (Lipinski definition) is 2. The number of aliphatic hydroxyl groups is 1. The molecule has 1 amide bonds. The molecule has 1 atom stereocenters. The first-order valence-corrected chi connectivity index (χ1v) is 8.34. The quantitative estimate of drug-likeness (QED) is 0.796. The second kappa shape index (κ2) is 7.40. The normalized spacial score (nSPS) is 12.9. The lowest BCUT2D eigenvalue weighted by atomic mass is 10.1. The van der Waals surface area contributed by atoms with Gasteiger partial charge in [-0.3, -0.25) is 4.79 Å². The second-order valence-electron chi connectivity index (χ2n) is 4.63. The highest BCUT2D eigenvalue weighted by Gasteiger charge is 2.27. The zero-order chi connectivity index (χ0) is 15.2. The van der Waals surface area contributed by atoms with Gasteiger partial charge in [-0.1, -0.05) is 19.1 Å². The van der Waals surface area contributed by atoms with Crippen molar-refractivity contribution in [2.24, 2.45) is 0 Å². The third-order valence-corrected chi connectivity index (χ3v) is 5.27. The van der Waals surface area contributed by atoms with Crippen LogP contribution >= 0.6 is 0 Å². The molecule has 0 aliphatic rings. The van der Waals surface area contributed by atoms with Crippen molar-refractivity contribution in [2.45, 2.75) is 31.9 Å². The number of carbonyl (C=O) groups is 1. The standard InChI is InChI=1S/C14H21NO4S/c1-3-12-5-7-13(8-6-12)15-14(17)11(2)20(18,19)10-4-9-16/h5-8,11,16H,3-4,9-10H2,1-2H3,(H,15,17). The van der Waals surface area contributed by atoms with E-state index in [1.807, 2.05) is 19.1 Å². The van der Waals surface area contributed by atoms with Crippen LogP contribution in [0.5, 0.6) is 0 Å². The Morgan fingerprint density at radius 3 is 2.40 bits per heavy atom. The van der Waals surface area contributed by atoms with Crippen LogP contribution in [0.15, 0.2) is 24.3 Å². The molecule has 20 heavy (non-hydrogen) atoms. The molecule has 1 unspecified atom stereocenters. The molecule has 0 saturated heterocycles. The van der Waals surface area contributed by atoms with Gasteiger partial charge < -0.3 is 10.4 Å². The highest BCUT2D eigenvalue weighted by molar-refractivity contribution is 7.92. The van der Waals surface area contributed by atoms with E-state index in [1.165, 1.54) is 6.92 Å². The fourth-order valence-corrected chi connectivity index (χ4v) is 2.94. The number of amides is 1. The Morgan fingerprint density at radius 2 is 1.90 bits per heavy atom. The van der Waals surface area contributed by atoms with Crippen LogP contribution in [0, 0.1) is 0 Å². The van der Waals surface area contributed by atoms with Gasteiger partial charge in [-0.2, -0.15) is 0 Å². The summed E-state index contributed by atoms with van der Waals surface area (Å²) in [5.41, 5.74) is 1.73. The van der Waals surface area contributed by atoms with E-state index in [9.17, 15) is 13.2 Å². The van der Waals surface area contributed by atoms with E-state index in [4.69, 9.17) is 5.11 Å². The van der Waals surface area contributed by atoms with Gasteiger partial charge >= 0.3 is 0 Å². The Morgan fingerprint density at radius 1 is 1.30 bits per heavy atom. The van der Waals surface area contributed by atoms with Crippen LogP contribution < -0.4 is 5.32 Å². The van der Waals surface area contributed by atoms with Gasteiger partial charge in [0.1, 0.15) is 5.25 Å². The van der Waals surface area contributed by atoms with Crippen LogP contribution in [-0.2, 0) is 21.1 Å². The van der Waals surface area contributed by atoms with Crippen LogP contribution in [0.3, 0.4) is 0 Å². The highest BCUT2D eigenvalue weighted by atomic mass is 32.2. The third kappa shape index (κ3) is 4.61. The number of sulfone groups is 1. The van der Waals surface area contributed by atoms with E-state index < -0.39 is 21.0 Å². The topological polar surface area (TPSA) is 83.5 Å². The molecular weight excluding hydrogens is 278 g/mol. The summed E-state index contributed by atoms with van der Waals surface area (Å²) in [6.07, 6.45) is 1.05. The number of nitrogens with one attached hydrogen (secondary N) is 1. The summed E-state index contributed by atoms with van der Waals surface area (Å²) < 4.78 is 23.7. The number of hydrogen-bond acceptors (Lipinski definition) is 4. The number of rotatable bonds is 7. The number of carbonyl (C=O) groups excluding carboxylic acids is 1. The molecule has 0 saturated carbocycles. The minimum Gasteiger partial charge on any atom is -0.396 e. The van der Waals surface area contributed by atoms with Crippen molar-refractivity contribution in [3.8, 4) is 0 Å². The Labute approximate surface area is 119 Å². The minimum atomic E-state index is -3.53. The summed E-state index contributed by atoms with van der Waals surface area (Å²) in [4.78, 5) is 11.9. The van der Waals surface area contributed by atoms with Gasteiger partial charge in [0.05, 0.1) is 5.75 Å². The van der Waals surface area contributed by atoms with Gasteiger partial charge in [0.2, 0.25) is 5.91 Å². The first kappa shape index (κ1) is 16.7. The van der Waals surface area contributed by atoms with Gasteiger partial charge in [-0.15, -0.1) is 0 Å². The Kier molecular flexibility index (Phi) is 6.16. The molecular formula is C14H21NO4S. The maximum Gasteiger partial charge on any atom is 0.242 e. The van der Waals surface area contributed by atoms with Crippen molar-refractivity contribution < 1.29 is 18.3 Å². The summed E-state index contributed by atoms with van der Waals surface area (Å²) in [5, 5.41) is 10.1. The highest BCUT2D eigenvalue weighted by Crippen LogP contribution is 2.12. The van der Waals surface area contributed by atoms with Crippen molar-refractivity contribution >= 4 is 21.4 Å². The number of aryl methyl sites for hydroxylation is 1. The number of benzene rings is 1. The third-order valence-electron chi connectivity index (χ3n) is 3.12. The summed E-state index contributed by atoms with van der Waals surface area (Å²) >= 11 is 0. The molecule has 5 nitrogen and oxygen atoms in total. The van der Waals surface area contributed by atoms with E-state index in [0.29, 0.717) is 5.69 Å². The fourth-order valence-electron chi connectivity index (χ4n) is 1.67. The predicted molar refractivity (Wildman–Crippen MR) is 79.4 cm³/mol. The lowest BCUT2D eigenvalue weighted by Crippen LogP contribution is -2.34. The van der Waals surface area contributed by atoms with Crippen molar-refractivity contribution in [3.63, 3.8) is 0 Å². The maximum atomic E-state index is 11.9. The van der Waals surface area contributed by atoms with Crippen LogP contribution in [0.1, 0.15) is 25.8 Å². The summed E-state index contributed by atoms with van der Waals surface area (Å²) in [6, 6.07) is 7.29. The van der Waals surface area contributed by atoms with Gasteiger partial charge in [-0.25, -0.2) is 8.42 Å². The Balaban J connectivity index is 2.69. The molecule has 0 spiro atoms. The average molecular weight is 299 g/mol. The SMILES string of the molecule is CCc1ccc(NC(=O)C(C)S(=O)(=O)CCCO)cc1. The number of aliphatic hydroxyl groups excluding tert-OH is 1. The average Bonchev–Trinajstić information content (AvgIpc) is 2.45. The van der Waals surface area contributed by atoms with Crippen LogP contribution in [0.25, 0.3) is 0 Å². The lowest BCUT2D eigenvalue weighted by Gasteiger charge is -2.13. The predicted octanol–water partition coefficient (Wildman–Crippen LogP) is 1.37. The lowest BCUT2D eigenvalue weighted by molar-refractivity contribution is -0.115. The summed E-state index contributed by atoms with van der Waals surface area (Å²) in [6.45, 7) is 3.19. The number of anilines is 1. The molecule has 0 aliphatic heterocycles. The minimum absolute atomic E-state index is 0.144. The molecule has 6 heteroatoms. The van der Waals surface area contributed by atoms with E-state index >= 15 is 0 Å². The monoisotopic (exact) mass is 299 g/mol. The summed E-state index contributed by atoms with van der Waals surface area (Å²) in [5.74, 6) is -0.737. The molecule has 1 aromatic carbocycles. The molecule has 112 valence electrons. The van der Waals surface area contributed by atoms with Crippen molar-refractivity contribution in [2.75, 3.05) is 17.7 Å². The molecule has 2 N–H and O–H groups in total. The molecule has 0 bridgehead atoms. The van der Waals surface area contributed by atoms with E-state index in [0.717, 1.165) is 12.0 Å². The van der Waals surface area contributed by atoms with E-state index in [2.05, 4.69) is 5.32 Å². The van der Waals surface area contributed by atoms with Gasteiger partial charge in [0.15, 0.2) is 9.84 Å². The molecule has 0 radical (unpaired) electrons. The summed E-state index contributed by atoms with van der Waals surface area (Å²) in [7, 11) is -3.53. The van der Waals surface area contributed by atoms with Crippen molar-refractivity contribution in [1.29, 1.82) is 0 Å². The zero-order valence-corrected chi connectivity index (χ0v) is 12.6. The zero-order valence-electron chi connectivity index (χ0n) is 11.8. The molecule has 0 aliphatic carbocycles. The molecule has 1 aromatic rings. The van der Waals surface area contributed by atoms with Crippen LogP contribution in [0.4, 0.5) is 5.69 Å². The van der Waals surface area contributed by atoms with Gasteiger partial charge in [0, 0.05) is 12.3 Å².